The molecule has 9 nitrogen and oxygen atoms in total. The fourth-order valence-corrected chi connectivity index (χ4v) is 5.93. The number of nitrogens with one attached hydrogen (secondary N) is 1. The van der Waals surface area contributed by atoms with Gasteiger partial charge in [0, 0.05) is 23.7 Å². The van der Waals surface area contributed by atoms with Gasteiger partial charge in [-0.1, -0.05) is 55.8 Å². The molecule has 3 rings (SSSR count). The Bertz CT molecular complexity index is 1450. The first-order valence-electron chi connectivity index (χ1n) is 13.7. The van der Waals surface area contributed by atoms with Gasteiger partial charge in [0.15, 0.2) is 11.5 Å². The van der Waals surface area contributed by atoms with E-state index in [0.29, 0.717) is 22.9 Å². The van der Waals surface area contributed by atoms with Crippen LogP contribution in [-0.4, -0.2) is 58.0 Å². The molecule has 2 amide bonds. The number of hydrogen-bond donors (Lipinski definition) is 1. The molecule has 2 atom stereocenters. The number of anilines is 1. The Hall–Kier alpha value is -3.76. The summed E-state index contributed by atoms with van der Waals surface area (Å²) in [5, 5.41) is 3.50. The molecule has 3 aromatic rings. The van der Waals surface area contributed by atoms with E-state index >= 15 is 0 Å². The van der Waals surface area contributed by atoms with Gasteiger partial charge in [-0.15, -0.1) is 0 Å². The molecule has 0 aliphatic rings. The Labute approximate surface area is 253 Å². The van der Waals surface area contributed by atoms with Crippen LogP contribution in [0.2, 0.25) is 5.02 Å². The second-order valence-corrected chi connectivity index (χ2v) is 12.1. The molecule has 0 bridgehead atoms. The van der Waals surface area contributed by atoms with E-state index in [0.717, 1.165) is 16.3 Å². The van der Waals surface area contributed by atoms with Crippen molar-refractivity contribution in [1.29, 1.82) is 0 Å². The molecule has 0 heterocycles. The molecule has 42 heavy (non-hydrogen) atoms. The highest BCUT2D eigenvalue weighted by Gasteiger charge is 2.34. The number of halogens is 1. The molecular weight excluding hydrogens is 578 g/mol. The monoisotopic (exact) mass is 615 g/mol. The van der Waals surface area contributed by atoms with E-state index in [1.54, 1.807) is 54.6 Å². The Morgan fingerprint density at radius 1 is 0.905 bits per heavy atom. The summed E-state index contributed by atoms with van der Waals surface area (Å²) in [6.07, 6.45) is 1.04. The Balaban J connectivity index is 2.10. The van der Waals surface area contributed by atoms with Crippen LogP contribution in [0.15, 0.2) is 77.7 Å². The average Bonchev–Trinajstić information content (AvgIpc) is 3.00. The summed E-state index contributed by atoms with van der Waals surface area (Å²) >= 11 is 6.08. The maximum Gasteiger partial charge on any atom is 0.264 e. The Kier molecular flexibility index (Phi) is 11.6. The lowest BCUT2D eigenvalue weighted by atomic mass is 10.1. The molecule has 0 saturated heterocycles. The summed E-state index contributed by atoms with van der Waals surface area (Å²) in [6.45, 7) is 5.18. The number of hydrogen-bond acceptors (Lipinski definition) is 6. The highest BCUT2D eigenvalue weighted by molar-refractivity contribution is 7.92. The van der Waals surface area contributed by atoms with Gasteiger partial charge in [-0.2, -0.15) is 0 Å². The largest absolute Gasteiger partial charge is 0.493 e. The number of methoxy groups -OCH3 is 2. The summed E-state index contributed by atoms with van der Waals surface area (Å²) < 4.78 is 39.7. The summed E-state index contributed by atoms with van der Waals surface area (Å²) in [6, 6.07) is 18.5. The Morgan fingerprint density at radius 3 is 2.12 bits per heavy atom. The van der Waals surface area contributed by atoms with Crippen LogP contribution in [-0.2, 0) is 26.2 Å². The van der Waals surface area contributed by atoms with Gasteiger partial charge in [0.1, 0.15) is 12.6 Å². The fraction of sp³-hybridized carbons (Fsp3) is 0.355. The van der Waals surface area contributed by atoms with Gasteiger partial charge in [-0.05, 0) is 61.7 Å². The summed E-state index contributed by atoms with van der Waals surface area (Å²) in [5.41, 5.74) is 0.944. The highest BCUT2D eigenvalue weighted by atomic mass is 35.5. The maximum absolute atomic E-state index is 14.2. The van der Waals surface area contributed by atoms with Crippen LogP contribution in [0.4, 0.5) is 5.69 Å². The number of carbonyl (C=O) groups excluding carboxylic acids is 2. The van der Waals surface area contributed by atoms with E-state index in [-0.39, 0.29) is 29.1 Å². The van der Waals surface area contributed by atoms with E-state index in [1.807, 2.05) is 20.8 Å². The van der Waals surface area contributed by atoms with Crippen molar-refractivity contribution < 1.29 is 27.5 Å². The van der Waals surface area contributed by atoms with Crippen molar-refractivity contribution in [2.24, 2.45) is 0 Å². The molecule has 226 valence electrons. The van der Waals surface area contributed by atoms with Crippen molar-refractivity contribution in [3.8, 4) is 11.5 Å². The molecule has 0 unspecified atom stereocenters. The van der Waals surface area contributed by atoms with Crippen LogP contribution in [0.5, 0.6) is 11.5 Å². The van der Waals surface area contributed by atoms with Crippen molar-refractivity contribution in [3.63, 3.8) is 0 Å². The van der Waals surface area contributed by atoms with Crippen molar-refractivity contribution in [2.45, 2.75) is 57.1 Å². The van der Waals surface area contributed by atoms with Gasteiger partial charge in [-0.3, -0.25) is 13.9 Å². The van der Waals surface area contributed by atoms with E-state index in [4.69, 9.17) is 21.1 Å². The fourth-order valence-electron chi connectivity index (χ4n) is 4.38. The van der Waals surface area contributed by atoms with Crippen molar-refractivity contribution in [3.05, 3.63) is 83.4 Å². The smallest absolute Gasteiger partial charge is 0.264 e. The summed E-state index contributed by atoms with van der Waals surface area (Å²) in [5.74, 6) is -0.155. The lowest BCUT2D eigenvalue weighted by Gasteiger charge is -2.33. The topological polar surface area (TPSA) is 105 Å². The molecule has 0 spiro atoms. The number of benzene rings is 3. The molecule has 0 aliphatic heterocycles. The summed E-state index contributed by atoms with van der Waals surface area (Å²) in [7, 11) is -1.29. The maximum atomic E-state index is 14.2. The predicted octanol–water partition coefficient (Wildman–Crippen LogP) is 5.27. The highest BCUT2D eigenvalue weighted by Crippen LogP contribution is 2.34. The zero-order valence-corrected chi connectivity index (χ0v) is 26.1. The van der Waals surface area contributed by atoms with Gasteiger partial charge >= 0.3 is 0 Å². The molecule has 0 saturated carbocycles. The lowest BCUT2D eigenvalue weighted by molar-refractivity contribution is -0.140. The number of sulfonamides is 1. The average molecular weight is 616 g/mol. The lowest BCUT2D eigenvalue weighted by Crippen LogP contribution is -2.53. The molecule has 0 aliphatic carbocycles. The quantitative estimate of drug-likeness (QED) is 0.265. The second-order valence-electron chi connectivity index (χ2n) is 9.75. The minimum Gasteiger partial charge on any atom is -0.493 e. The van der Waals surface area contributed by atoms with E-state index in [9.17, 15) is 18.0 Å². The van der Waals surface area contributed by atoms with Crippen LogP contribution in [0.25, 0.3) is 0 Å². The molecule has 1 N–H and O–H groups in total. The van der Waals surface area contributed by atoms with Gasteiger partial charge in [0.2, 0.25) is 11.8 Å². The molecule has 3 aromatic carbocycles. The number of rotatable bonds is 14. The van der Waals surface area contributed by atoms with Crippen LogP contribution in [0.3, 0.4) is 0 Å². The molecule has 11 heteroatoms. The third kappa shape index (κ3) is 7.95. The van der Waals surface area contributed by atoms with Gasteiger partial charge in [-0.25, -0.2) is 8.42 Å². The van der Waals surface area contributed by atoms with Crippen molar-refractivity contribution in [1.82, 2.24) is 10.2 Å². The summed E-state index contributed by atoms with van der Waals surface area (Å²) in [4.78, 5) is 29.0. The third-order valence-corrected chi connectivity index (χ3v) is 8.96. The number of ether oxygens (including phenoxy) is 2. The first kappa shape index (κ1) is 32.8. The minimum atomic E-state index is -4.21. The molecular formula is C31H38ClN3O6S. The number of amides is 2. The van der Waals surface area contributed by atoms with Gasteiger partial charge in [0.05, 0.1) is 24.8 Å². The normalized spacial score (nSPS) is 12.6. The van der Waals surface area contributed by atoms with E-state index < -0.39 is 28.5 Å². The second kappa shape index (κ2) is 14.9. The van der Waals surface area contributed by atoms with Crippen LogP contribution >= 0.6 is 11.6 Å². The van der Waals surface area contributed by atoms with Crippen LogP contribution in [0.1, 0.15) is 39.2 Å². The SMILES string of the molecule is CC[C@H](C(=O)N[C@@H](C)CC)N(Cc1ccc(Cl)cc1)C(=O)CN(c1ccc(OC)c(OC)c1)S(=O)(=O)c1ccccc1. The molecule has 0 fully saturated rings. The van der Waals surface area contributed by atoms with Crippen LogP contribution in [0, 0.1) is 0 Å². The van der Waals surface area contributed by atoms with Crippen molar-refractivity contribution >= 4 is 39.1 Å². The zero-order valence-electron chi connectivity index (χ0n) is 24.5. The van der Waals surface area contributed by atoms with Crippen molar-refractivity contribution in [2.75, 3.05) is 25.1 Å². The number of carbonyl (C=O) groups is 2. The molecule has 0 radical (unpaired) electrons. The predicted molar refractivity (Wildman–Crippen MR) is 164 cm³/mol. The minimum absolute atomic E-state index is 0.0124. The number of nitrogens with zero attached hydrogens (tertiary/aromatic N) is 2. The van der Waals surface area contributed by atoms with E-state index in [2.05, 4.69) is 5.32 Å². The van der Waals surface area contributed by atoms with E-state index in [1.165, 1.54) is 37.3 Å². The first-order chi connectivity index (χ1) is 20.0. The third-order valence-electron chi connectivity index (χ3n) is 6.92. The Morgan fingerprint density at radius 2 is 1.55 bits per heavy atom. The van der Waals surface area contributed by atoms with Gasteiger partial charge < -0.3 is 19.7 Å². The first-order valence-corrected chi connectivity index (χ1v) is 15.5. The zero-order chi connectivity index (χ0) is 30.9. The standard InChI is InChI=1S/C31H38ClN3O6S/c1-6-22(3)33-31(37)27(7-2)34(20-23-13-15-24(32)16-14-23)30(36)21-35(42(38,39)26-11-9-8-10-12-26)25-17-18-28(40-4)29(19-25)41-5/h8-19,22,27H,6-7,20-21H2,1-5H3,(H,33,37)/t22-,27+/m0/s1. The van der Waals surface area contributed by atoms with Gasteiger partial charge in [0.25, 0.3) is 10.0 Å². The van der Waals surface area contributed by atoms with Crippen LogP contribution < -0.4 is 19.1 Å². The molecule has 0 aromatic heterocycles.